The Morgan fingerprint density at radius 3 is 2.96 bits per heavy atom. The molecule has 1 aliphatic heterocycles. The van der Waals surface area contributed by atoms with Crippen molar-refractivity contribution in [3.05, 3.63) is 52.8 Å². The SMILES string of the molecule is Cc1c(Br)cccc1Nc1nccc2cc(N3CC[C@@H](O)C3)cnc12. The normalized spacial score (nSPS) is 17.2. The van der Waals surface area contributed by atoms with Crippen molar-refractivity contribution in [2.75, 3.05) is 23.3 Å². The fraction of sp³-hybridized carbons (Fsp3) is 0.263. The minimum atomic E-state index is -0.245. The zero-order valence-corrected chi connectivity index (χ0v) is 15.5. The lowest BCUT2D eigenvalue weighted by Gasteiger charge is -2.18. The summed E-state index contributed by atoms with van der Waals surface area (Å²) in [5.74, 6) is 0.742. The topological polar surface area (TPSA) is 61.3 Å². The van der Waals surface area contributed by atoms with Crippen LogP contribution >= 0.6 is 15.9 Å². The molecule has 0 radical (unpaired) electrons. The van der Waals surface area contributed by atoms with Crippen LogP contribution in [0.5, 0.6) is 0 Å². The molecule has 0 saturated carbocycles. The second kappa shape index (κ2) is 6.61. The van der Waals surface area contributed by atoms with Gasteiger partial charge in [-0.1, -0.05) is 22.0 Å². The molecule has 3 aromatic rings. The minimum absolute atomic E-state index is 0.245. The predicted molar refractivity (Wildman–Crippen MR) is 105 cm³/mol. The second-order valence-electron chi connectivity index (χ2n) is 6.35. The van der Waals surface area contributed by atoms with Crippen molar-refractivity contribution in [3.8, 4) is 0 Å². The average molecular weight is 399 g/mol. The third kappa shape index (κ3) is 3.19. The van der Waals surface area contributed by atoms with Gasteiger partial charge in [0.2, 0.25) is 0 Å². The van der Waals surface area contributed by atoms with E-state index in [0.29, 0.717) is 6.54 Å². The number of nitrogens with one attached hydrogen (secondary N) is 1. The van der Waals surface area contributed by atoms with E-state index in [-0.39, 0.29) is 6.10 Å². The number of benzene rings is 1. The molecular weight excluding hydrogens is 380 g/mol. The highest BCUT2D eigenvalue weighted by molar-refractivity contribution is 9.10. The molecule has 128 valence electrons. The Bertz CT molecular complexity index is 930. The van der Waals surface area contributed by atoms with E-state index in [4.69, 9.17) is 0 Å². The van der Waals surface area contributed by atoms with Crippen LogP contribution in [0, 0.1) is 6.92 Å². The first kappa shape index (κ1) is 16.3. The standard InChI is InChI=1S/C19H19BrN4O/c1-12-16(20)3-2-4-17(12)23-19-18-13(5-7-21-19)9-14(10-22-18)24-8-6-15(25)11-24/h2-5,7,9-10,15,25H,6,8,11H2,1H3,(H,21,23)/t15-/m1/s1. The summed E-state index contributed by atoms with van der Waals surface area (Å²) in [5, 5.41) is 14.2. The zero-order chi connectivity index (χ0) is 17.4. The van der Waals surface area contributed by atoms with E-state index in [2.05, 4.69) is 49.1 Å². The van der Waals surface area contributed by atoms with Crippen LogP contribution in [0.1, 0.15) is 12.0 Å². The van der Waals surface area contributed by atoms with Crippen molar-refractivity contribution in [2.24, 2.45) is 0 Å². The van der Waals surface area contributed by atoms with E-state index in [0.717, 1.165) is 51.1 Å². The van der Waals surface area contributed by atoms with Gasteiger partial charge in [0, 0.05) is 34.8 Å². The van der Waals surface area contributed by atoms with Crippen molar-refractivity contribution in [2.45, 2.75) is 19.4 Å². The number of hydrogen-bond donors (Lipinski definition) is 2. The first-order chi connectivity index (χ1) is 12.1. The number of aromatic nitrogens is 2. The maximum absolute atomic E-state index is 9.74. The third-order valence-corrected chi connectivity index (χ3v) is 5.49. The van der Waals surface area contributed by atoms with Crippen LogP contribution < -0.4 is 10.2 Å². The number of halogens is 1. The van der Waals surface area contributed by atoms with Gasteiger partial charge in [-0.25, -0.2) is 4.98 Å². The molecule has 0 aliphatic carbocycles. The van der Waals surface area contributed by atoms with E-state index in [9.17, 15) is 5.11 Å². The second-order valence-corrected chi connectivity index (χ2v) is 7.21. The maximum atomic E-state index is 9.74. The Hall–Kier alpha value is -2.18. The number of nitrogens with zero attached hydrogens (tertiary/aromatic N) is 3. The molecule has 0 amide bonds. The minimum Gasteiger partial charge on any atom is -0.391 e. The van der Waals surface area contributed by atoms with Gasteiger partial charge in [-0.15, -0.1) is 0 Å². The summed E-state index contributed by atoms with van der Waals surface area (Å²) in [5.41, 5.74) is 4.01. The molecular formula is C19H19BrN4O. The summed E-state index contributed by atoms with van der Waals surface area (Å²) in [4.78, 5) is 11.3. The molecule has 1 fully saturated rings. The Morgan fingerprint density at radius 2 is 2.16 bits per heavy atom. The first-order valence-electron chi connectivity index (χ1n) is 8.32. The van der Waals surface area contributed by atoms with Gasteiger partial charge in [0.25, 0.3) is 0 Å². The fourth-order valence-electron chi connectivity index (χ4n) is 3.16. The van der Waals surface area contributed by atoms with Crippen LogP contribution in [0.15, 0.2) is 47.2 Å². The summed E-state index contributed by atoms with van der Waals surface area (Å²) in [6.07, 6.45) is 4.22. The smallest absolute Gasteiger partial charge is 0.156 e. The highest BCUT2D eigenvalue weighted by Gasteiger charge is 2.21. The predicted octanol–water partition coefficient (Wildman–Crippen LogP) is 4.02. The Kier molecular flexibility index (Phi) is 4.31. The van der Waals surface area contributed by atoms with Crippen LogP contribution in [0.3, 0.4) is 0 Å². The molecule has 2 N–H and O–H groups in total. The number of fused-ring (bicyclic) bond motifs is 1. The van der Waals surface area contributed by atoms with Crippen LogP contribution in [-0.2, 0) is 0 Å². The van der Waals surface area contributed by atoms with Gasteiger partial charge in [-0.2, -0.15) is 0 Å². The lowest BCUT2D eigenvalue weighted by atomic mass is 10.2. The number of hydrogen-bond acceptors (Lipinski definition) is 5. The summed E-state index contributed by atoms with van der Waals surface area (Å²) in [6, 6.07) is 10.1. The summed E-state index contributed by atoms with van der Waals surface area (Å²) in [7, 11) is 0. The van der Waals surface area contributed by atoms with Gasteiger partial charge >= 0.3 is 0 Å². The molecule has 0 bridgehead atoms. The summed E-state index contributed by atoms with van der Waals surface area (Å²) >= 11 is 3.56. The maximum Gasteiger partial charge on any atom is 0.156 e. The number of anilines is 3. The third-order valence-electron chi connectivity index (χ3n) is 4.63. The number of aliphatic hydroxyl groups is 1. The molecule has 6 heteroatoms. The molecule has 3 heterocycles. The van der Waals surface area contributed by atoms with E-state index in [1.165, 1.54) is 0 Å². The van der Waals surface area contributed by atoms with Gasteiger partial charge < -0.3 is 15.3 Å². The van der Waals surface area contributed by atoms with Gasteiger partial charge in [-0.3, -0.25) is 4.98 Å². The van der Waals surface area contributed by atoms with E-state index >= 15 is 0 Å². The van der Waals surface area contributed by atoms with E-state index in [1.54, 1.807) is 6.20 Å². The largest absolute Gasteiger partial charge is 0.391 e. The van der Waals surface area contributed by atoms with Crippen molar-refractivity contribution in [3.63, 3.8) is 0 Å². The van der Waals surface area contributed by atoms with Gasteiger partial charge in [0.1, 0.15) is 5.52 Å². The number of β-amino-alcohol motifs (C(OH)–C–C–N with tert-alkyl or cyclic N) is 1. The van der Waals surface area contributed by atoms with Gasteiger partial charge in [0.15, 0.2) is 5.82 Å². The number of pyridine rings is 2. The average Bonchev–Trinajstić information content (AvgIpc) is 3.05. The Balaban J connectivity index is 1.69. The molecule has 2 aromatic heterocycles. The van der Waals surface area contributed by atoms with Crippen LogP contribution in [-0.4, -0.2) is 34.3 Å². The monoisotopic (exact) mass is 398 g/mol. The lowest BCUT2D eigenvalue weighted by Crippen LogP contribution is -2.21. The molecule has 1 aliphatic rings. The Labute approximate surface area is 154 Å². The van der Waals surface area contributed by atoms with Crippen LogP contribution in [0.4, 0.5) is 17.2 Å². The van der Waals surface area contributed by atoms with Crippen LogP contribution in [0.25, 0.3) is 10.9 Å². The van der Waals surface area contributed by atoms with Crippen molar-refractivity contribution in [1.29, 1.82) is 0 Å². The fourth-order valence-corrected chi connectivity index (χ4v) is 3.53. The van der Waals surface area contributed by atoms with Gasteiger partial charge in [0.05, 0.1) is 18.0 Å². The molecule has 4 rings (SSSR count). The number of aliphatic hydroxyl groups excluding tert-OH is 1. The van der Waals surface area contributed by atoms with Crippen LogP contribution in [0.2, 0.25) is 0 Å². The molecule has 0 spiro atoms. The lowest BCUT2D eigenvalue weighted by molar-refractivity contribution is 0.198. The Morgan fingerprint density at radius 1 is 1.28 bits per heavy atom. The van der Waals surface area contributed by atoms with Crippen molar-refractivity contribution >= 4 is 44.0 Å². The molecule has 5 nitrogen and oxygen atoms in total. The summed E-state index contributed by atoms with van der Waals surface area (Å²) < 4.78 is 1.06. The van der Waals surface area contributed by atoms with Crippen molar-refractivity contribution < 1.29 is 5.11 Å². The number of rotatable bonds is 3. The highest BCUT2D eigenvalue weighted by atomic mass is 79.9. The molecule has 1 aromatic carbocycles. The quantitative estimate of drug-likeness (QED) is 0.697. The molecule has 25 heavy (non-hydrogen) atoms. The van der Waals surface area contributed by atoms with E-state index < -0.39 is 0 Å². The highest BCUT2D eigenvalue weighted by Crippen LogP contribution is 2.30. The van der Waals surface area contributed by atoms with Crippen molar-refractivity contribution in [1.82, 2.24) is 9.97 Å². The first-order valence-corrected chi connectivity index (χ1v) is 9.11. The summed E-state index contributed by atoms with van der Waals surface area (Å²) in [6.45, 7) is 3.59. The zero-order valence-electron chi connectivity index (χ0n) is 13.9. The molecule has 1 atom stereocenters. The van der Waals surface area contributed by atoms with Gasteiger partial charge in [-0.05, 0) is 43.2 Å². The van der Waals surface area contributed by atoms with E-state index in [1.807, 2.05) is 30.5 Å². The molecule has 0 unspecified atom stereocenters. The molecule has 1 saturated heterocycles.